The molecular weight excluding hydrogens is 236 g/mol. The quantitative estimate of drug-likeness (QED) is 0.835. The molecule has 1 saturated carbocycles. The van der Waals surface area contributed by atoms with E-state index in [0.717, 1.165) is 36.2 Å². The van der Waals surface area contributed by atoms with Gasteiger partial charge in [0.2, 0.25) is 5.13 Å². The van der Waals surface area contributed by atoms with Gasteiger partial charge in [0, 0.05) is 26.1 Å². The van der Waals surface area contributed by atoms with E-state index >= 15 is 0 Å². The minimum atomic E-state index is -0.0766. The Morgan fingerprint density at radius 3 is 3.00 bits per heavy atom. The molecule has 5 nitrogen and oxygen atoms in total. The van der Waals surface area contributed by atoms with E-state index in [1.807, 2.05) is 7.05 Å². The molecule has 3 unspecified atom stereocenters. The molecule has 0 spiro atoms. The van der Waals surface area contributed by atoms with Gasteiger partial charge in [-0.2, -0.15) is 0 Å². The Kier molecular flexibility index (Phi) is 3.02. The van der Waals surface area contributed by atoms with Crippen LogP contribution in [-0.4, -0.2) is 46.4 Å². The first-order valence-electron chi connectivity index (χ1n) is 6.17. The lowest BCUT2D eigenvalue weighted by molar-refractivity contribution is 0.123. The number of hydrogen-bond acceptors (Lipinski definition) is 6. The molecule has 6 heteroatoms. The van der Waals surface area contributed by atoms with Gasteiger partial charge in [-0.1, -0.05) is 11.3 Å². The largest absolute Gasteiger partial charge is 0.393 e. The molecule has 2 fully saturated rings. The zero-order valence-corrected chi connectivity index (χ0v) is 10.8. The van der Waals surface area contributed by atoms with Crippen molar-refractivity contribution in [3.8, 4) is 0 Å². The van der Waals surface area contributed by atoms with E-state index in [2.05, 4.69) is 20.4 Å². The number of fused-ring (bicyclic) bond motifs is 1. The van der Waals surface area contributed by atoms with E-state index in [1.54, 1.807) is 11.3 Å². The van der Waals surface area contributed by atoms with Crippen LogP contribution in [0.1, 0.15) is 17.8 Å². The summed E-state index contributed by atoms with van der Waals surface area (Å²) in [7, 11) is 1.86. The summed E-state index contributed by atoms with van der Waals surface area (Å²) in [5.41, 5.74) is 0. The van der Waals surface area contributed by atoms with Crippen LogP contribution in [0.3, 0.4) is 0 Å². The summed E-state index contributed by atoms with van der Waals surface area (Å²) in [6.07, 6.45) is 2.10. The molecule has 0 bridgehead atoms. The van der Waals surface area contributed by atoms with Crippen molar-refractivity contribution in [2.45, 2.75) is 25.5 Å². The van der Waals surface area contributed by atoms with Gasteiger partial charge in [-0.05, 0) is 18.8 Å². The number of likely N-dealkylation sites (tertiary alicyclic amines) is 1. The molecular formula is C11H18N4OS. The molecule has 3 rings (SSSR count). The van der Waals surface area contributed by atoms with Gasteiger partial charge >= 0.3 is 0 Å². The second-order valence-electron chi connectivity index (χ2n) is 5.01. The Labute approximate surface area is 105 Å². The van der Waals surface area contributed by atoms with Crippen molar-refractivity contribution in [3.05, 3.63) is 5.01 Å². The molecule has 1 aromatic heterocycles. The fraction of sp³-hybridized carbons (Fsp3) is 0.818. The van der Waals surface area contributed by atoms with E-state index in [0.29, 0.717) is 11.8 Å². The van der Waals surface area contributed by atoms with Crippen LogP contribution in [0.25, 0.3) is 0 Å². The predicted octanol–water partition coefficient (Wildman–Crippen LogP) is 0.782. The number of anilines is 1. The van der Waals surface area contributed by atoms with Gasteiger partial charge in [-0.15, -0.1) is 10.2 Å². The number of rotatable bonds is 3. The van der Waals surface area contributed by atoms with E-state index < -0.39 is 0 Å². The van der Waals surface area contributed by atoms with Crippen molar-refractivity contribution in [1.82, 2.24) is 15.1 Å². The van der Waals surface area contributed by atoms with Crippen molar-refractivity contribution in [1.29, 1.82) is 0 Å². The second kappa shape index (κ2) is 4.51. The number of aliphatic hydroxyl groups is 1. The number of hydrogen-bond donors (Lipinski definition) is 2. The van der Waals surface area contributed by atoms with Crippen molar-refractivity contribution in [2.24, 2.45) is 11.8 Å². The highest BCUT2D eigenvalue weighted by Crippen LogP contribution is 2.38. The number of nitrogens with zero attached hydrogens (tertiary/aromatic N) is 3. The molecule has 0 aromatic carbocycles. The number of aliphatic hydroxyl groups excluding tert-OH is 1. The van der Waals surface area contributed by atoms with Crippen LogP contribution in [0.4, 0.5) is 5.13 Å². The van der Waals surface area contributed by atoms with Crippen LogP contribution in [0.5, 0.6) is 0 Å². The summed E-state index contributed by atoms with van der Waals surface area (Å²) in [4.78, 5) is 2.40. The fourth-order valence-electron chi connectivity index (χ4n) is 3.07. The summed E-state index contributed by atoms with van der Waals surface area (Å²) in [6.45, 7) is 3.00. The van der Waals surface area contributed by atoms with Gasteiger partial charge in [0.15, 0.2) is 0 Å². The topological polar surface area (TPSA) is 61.3 Å². The fourth-order valence-corrected chi connectivity index (χ4v) is 3.80. The van der Waals surface area contributed by atoms with Gasteiger partial charge in [0.1, 0.15) is 5.01 Å². The lowest BCUT2D eigenvalue weighted by Crippen LogP contribution is -2.24. The number of aromatic nitrogens is 2. The van der Waals surface area contributed by atoms with E-state index in [-0.39, 0.29) is 6.10 Å². The molecule has 0 radical (unpaired) electrons. The Bertz CT molecular complexity index is 397. The maximum atomic E-state index is 9.86. The third-order valence-electron chi connectivity index (χ3n) is 3.93. The normalized spacial score (nSPS) is 32.9. The molecule has 3 atom stereocenters. The van der Waals surface area contributed by atoms with Crippen molar-refractivity contribution >= 4 is 16.5 Å². The first kappa shape index (κ1) is 11.4. The first-order valence-corrected chi connectivity index (χ1v) is 6.98. The summed E-state index contributed by atoms with van der Waals surface area (Å²) >= 11 is 1.61. The third-order valence-corrected chi connectivity index (χ3v) is 4.86. The summed E-state index contributed by atoms with van der Waals surface area (Å²) in [6, 6.07) is 0. The Morgan fingerprint density at radius 1 is 1.41 bits per heavy atom. The van der Waals surface area contributed by atoms with Crippen LogP contribution < -0.4 is 5.32 Å². The van der Waals surface area contributed by atoms with Crippen molar-refractivity contribution < 1.29 is 5.11 Å². The highest BCUT2D eigenvalue weighted by Gasteiger charge is 2.41. The zero-order valence-electron chi connectivity index (χ0n) is 9.96. The maximum Gasteiger partial charge on any atom is 0.205 e. The van der Waals surface area contributed by atoms with Crippen molar-refractivity contribution in [3.63, 3.8) is 0 Å². The van der Waals surface area contributed by atoms with Crippen LogP contribution >= 0.6 is 11.3 Å². The van der Waals surface area contributed by atoms with Crippen molar-refractivity contribution in [2.75, 3.05) is 25.5 Å². The van der Waals surface area contributed by atoms with Crippen LogP contribution in [-0.2, 0) is 6.54 Å². The van der Waals surface area contributed by atoms with Crippen LogP contribution in [0, 0.1) is 11.8 Å². The SMILES string of the molecule is CNc1nnc(CN2CC3CCC(O)C3C2)s1. The minimum Gasteiger partial charge on any atom is -0.393 e. The predicted molar refractivity (Wildman–Crippen MR) is 67.0 cm³/mol. The highest BCUT2D eigenvalue weighted by molar-refractivity contribution is 7.15. The van der Waals surface area contributed by atoms with Gasteiger partial charge in [-0.25, -0.2) is 0 Å². The Hall–Kier alpha value is -0.720. The average molecular weight is 254 g/mol. The summed E-state index contributed by atoms with van der Waals surface area (Å²) < 4.78 is 0. The van der Waals surface area contributed by atoms with E-state index in [4.69, 9.17) is 0 Å². The molecule has 2 N–H and O–H groups in total. The molecule has 1 aliphatic heterocycles. The van der Waals surface area contributed by atoms with Crippen LogP contribution in [0.2, 0.25) is 0 Å². The number of nitrogens with one attached hydrogen (secondary N) is 1. The smallest absolute Gasteiger partial charge is 0.205 e. The van der Waals surface area contributed by atoms with Gasteiger partial charge in [-0.3, -0.25) is 4.90 Å². The molecule has 1 aliphatic carbocycles. The van der Waals surface area contributed by atoms with Gasteiger partial charge in [0.25, 0.3) is 0 Å². The van der Waals surface area contributed by atoms with E-state index in [1.165, 1.54) is 6.42 Å². The summed E-state index contributed by atoms with van der Waals surface area (Å²) in [5, 5.41) is 23.0. The lowest BCUT2D eigenvalue weighted by atomic mass is 10.00. The average Bonchev–Trinajstić information content (AvgIpc) is 2.98. The van der Waals surface area contributed by atoms with Gasteiger partial charge < -0.3 is 10.4 Å². The lowest BCUT2D eigenvalue weighted by Gasteiger charge is -2.15. The second-order valence-corrected chi connectivity index (χ2v) is 6.08. The molecule has 2 aliphatic rings. The Morgan fingerprint density at radius 2 is 2.29 bits per heavy atom. The van der Waals surface area contributed by atoms with Crippen LogP contribution in [0.15, 0.2) is 0 Å². The minimum absolute atomic E-state index is 0.0766. The van der Waals surface area contributed by atoms with Gasteiger partial charge in [0.05, 0.1) is 12.6 Å². The molecule has 2 heterocycles. The molecule has 1 aromatic rings. The molecule has 0 amide bonds. The van der Waals surface area contributed by atoms with E-state index in [9.17, 15) is 5.11 Å². The zero-order chi connectivity index (χ0) is 11.8. The standard InChI is InChI=1S/C11H18N4OS/c1-12-11-14-13-10(17-11)6-15-4-7-2-3-9(16)8(7)5-15/h7-9,16H,2-6H2,1H3,(H,12,14). The molecule has 94 valence electrons. The summed E-state index contributed by atoms with van der Waals surface area (Å²) in [5.74, 6) is 1.19. The molecule has 17 heavy (non-hydrogen) atoms. The highest BCUT2D eigenvalue weighted by atomic mass is 32.1. The third kappa shape index (κ3) is 2.17. The Balaban J connectivity index is 1.60. The first-order chi connectivity index (χ1) is 8.26. The maximum absolute atomic E-state index is 9.86. The monoisotopic (exact) mass is 254 g/mol. The molecule has 1 saturated heterocycles.